The van der Waals surface area contributed by atoms with E-state index in [1.165, 1.54) is 6.21 Å². The molecule has 0 spiro atoms. The molecule has 1 aromatic rings. The van der Waals surface area contributed by atoms with Gasteiger partial charge in [0, 0.05) is 30.0 Å². The highest BCUT2D eigenvalue weighted by molar-refractivity contribution is 6.30. The molecule has 1 atom stereocenters. The summed E-state index contributed by atoms with van der Waals surface area (Å²) >= 11 is 0. The summed E-state index contributed by atoms with van der Waals surface area (Å²) in [6.07, 6.45) is 1.93. The molecular weight excluding hydrogens is 266 g/mol. The van der Waals surface area contributed by atoms with Gasteiger partial charge in [0.25, 0.3) is 0 Å². The third-order valence-electron chi connectivity index (χ3n) is 2.93. The lowest BCUT2D eigenvalue weighted by atomic mass is 10.1. The lowest BCUT2D eigenvalue weighted by molar-refractivity contribution is 0.104. The minimum atomic E-state index is -0.206. The second-order valence-corrected chi connectivity index (χ2v) is 4.28. The Morgan fingerprint density at radius 1 is 1.32 bits per heavy atom. The maximum Gasteiger partial charge on any atom is 0.199 e. The molecule has 4 nitrogen and oxygen atoms in total. The molecule has 2 N–H and O–H groups in total. The summed E-state index contributed by atoms with van der Waals surface area (Å²) in [4.78, 5) is 16.2. The zero-order valence-corrected chi connectivity index (χ0v) is 11.4. The van der Waals surface area contributed by atoms with Crippen LogP contribution in [-0.2, 0) is 0 Å². The second kappa shape index (κ2) is 6.50. The molecule has 19 heavy (non-hydrogen) atoms. The quantitative estimate of drug-likeness (QED) is 0.833. The van der Waals surface area contributed by atoms with Crippen LogP contribution in [0.1, 0.15) is 29.3 Å². The molecule has 0 saturated heterocycles. The molecule has 0 aromatic heterocycles. The van der Waals surface area contributed by atoms with Crippen molar-refractivity contribution in [3.05, 3.63) is 41.0 Å². The molecular formula is C14H16ClNO3. The first-order chi connectivity index (χ1) is 8.65. The predicted octanol–water partition coefficient (Wildman–Crippen LogP) is 2.42. The molecule has 0 saturated carbocycles. The molecule has 0 amide bonds. The molecule has 0 aliphatic heterocycles. The van der Waals surface area contributed by atoms with E-state index >= 15 is 0 Å². The largest absolute Gasteiger partial charge is 0.506 e. The average Bonchev–Trinajstić information content (AvgIpc) is 2.61. The Balaban J connectivity index is 0.00000180. The highest BCUT2D eigenvalue weighted by Crippen LogP contribution is 2.29. The Labute approximate surface area is 117 Å². The fraction of sp³-hybridized carbons (Fsp3) is 0.286. The zero-order valence-electron chi connectivity index (χ0n) is 10.5. The van der Waals surface area contributed by atoms with Crippen molar-refractivity contribution in [3.63, 3.8) is 0 Å². The number of aliphatic hydroxyl groups is 2. The van der Waals surface area contributed by atoms with E-state index in [9.17, 15) is 9.90 Å². The number of allylic oxidation sites excluding steroid dienone is 1. The van der Waals surface area contributed by atoms with Crippen LogP contribution < -0.4 is 0 Å². The normalized spacial score (nSPS) is 15.6. The Morgan fingerprint density at radius 2 is 1.95 bits per heavy atom. The summed E-state index contributed by atoms with van der Waals surface area (Å²) in [5.41, 5.74) is 1.28. The predicted molar refractivity (Wildman–Crippen MR) is 77.2 cm³/mol. The van der Waals surface area contributed by atoms with Crippen LogP contribution in [0.4, 0.5) is 0 Å². The number of ketones is 1. The van der Waals surface area contributed by atoms with E-state index in [-0.39, 0.29) is 42.2 Å². The molecule has 1 aliphatic carbocycles. The standard InChI is InChI=1S/C14H15NO3.ClH/c1-9(6-7-16)15-8-12-13(17)10-4-2-3-5-11(10)14(12)18;/h2-5,8-9,16-17H,6-7H2,1H3;1H. The fourth-order valence-corrected chi connectivity index (χ4v) is 1.87. The van der Waals surface area contributed by atoms with E-state index in [4.69, 9.17) is 5.11 Å². The van der Waals surface area contributed by atoms with Crippen LogP contribution in [0.15, 0.2) is 34.8 Å². The SMILES string of the molecule is CC(CCO)N=CC1=C(O)c2ccccc2C1=O.Cl. The van der Waals surface area contributed by atoms with Gasteiger partial charge in [-0.15, -0.1) is 12.4 Å². The molecule has 1 aliphatic rings. The number of benzene rings is 1. The van der Waals surface area contributed by atoms with Crippen LogP contribution >= 0.6 is 12.4 Å². The van der Waals surface area contributed by atoms with Crippen LogP contribution in [-0.4, -0.2) is 34.9 Å². The maximum atomic E-state index is 12.0. The van der Waals surface area contributed by atoms with Gasteiger partial charge < -0.3 is 10.2 Å². The van der Waals surface area contributed by atoms with Crippen molar-refractivity contribution in [1.82, 2.24) is 0 Å². The van der Waals surface area contributed by atoms with E-state index < -0.39 is 0 Å². The van der Waals surface area contributed by atoms with Crippen molar-refractivity contribution >= 4 is 30.2 Å². The molecule has 1 unspecified atom stereocenters. The number of Topliss-reactive ketones (excluding diaryl/α,β-unsaturated/α-hetero) is 1. The fourth-order valence-electron chi connectivity index (χ4n) is 1.87. The third kappa shape index (κ3) is 3.03. The number of hydrogen-bond donors (Lipinski definition) is 2. The summed E-state index contributed by atoms with van der Waals surface area (Å²) in [5.74, 6) is -0.224. The molecule has 5 heteroatoms. The molecule has 1 aromatic carbocycles. The van der Waals surface area contributed by atoms with E-state index in [0.29, 0.717) is 17.5 Å². The van der Waals surface area contributed by atoms with Gasteiger partial charge in [0.05, 0.1) is 5.57 Å². The van der Waals surface area contributed by atoms with Crippen molar-refractivity contribution in [1.29, 1.82) is 0 Å². The van der Waals surface area contributed by atoms with Crippen LogP contribution in [0.5, 0.6) is 0 Å². The van der Waals surface area contributed by atoms with Gasteiger partial charge in [0.1, 0.15) is 5.76 Å². The monoisotopic (exact) mass is 281 g/mol. The first-order valence-electron chi connectivity index (χ1n) is 5.86. The molecule has 0 radical (unpaired) electrons. The molecule has 2 rings (SSSR count). The Hall–Kier alpha value is -1.65. The van der Waals surface area contributed by atoms with Gasteiger partial charge in [0.15, 0.2) is 5.78 Å². The average molecular weight is 282 g/mol. The molecule has 0 fully saturated rings. The zero-order chi connectivity index (χ0) is 13.1. The lowest BCUT2D eigenvalue weighted by Crippen LogP contribution is -2.05. The summed E-state index contributed by atoms with van der Waals surface area (Å²) < 4.78 is 0. The number of nitrogens with zero attached hydrogens (tertiary/aromatic N) is 1. The maximum absolute atomic E-state index is 12.0. The van der Waals surface area contributed by atoms with Gasteiger partial charge in [-0.2, -0.15) is 0 Å². The van der Waals surface area contributed by atoms with Crippen LogP contribution in [0, 0.1) is 0 Å². The van der Waals surface area contributed by atoms with Gasteiger partial charge in [-0.3, -0.25) is 9.79 Å². The van der Waals surface area contributed by atoms with E-state index in [0.717, 1.165) is 0 Å². The van der Waals surface area contributed by atoms with Gasteiger partial charge in [0.2, 0.25) is 0 Å². The summed E-state index contributed by atoms with van der Waals surface area (Å²) in [7, 11) is 0. The van der Waals surface area contributed by atoms with Gasteiger partial charge in [-0.1, -0.05) is 24.3 Å². The summed E-state index contributed by atoms with van der Waals surface area (Å²) in [6, 6.07) is 6.86. The minimum absolute atomic E-state index is 0. The van der Waals surface area contributed by atoms with E-state index in [1.807, 2.05) is 6.92 Å². The second-order valence-electron chi connectivity index (χ2n) is 4.28. The van der Waals surface area contributed by atoms with E-state index in [1.54, 1.807) is 24.3 Å². The number of rotatable bonds is 4. The molecule has 0 bridgehead atoms. The van der Waals surface area contributed by atoms with Crippen LogP contribution in [0.25, 0.3) is 5.76 Å². The Kier molecular flexibility index (Phi) is 5.27. The van der Waals surface area contributed by atoms with Gasteiger partial charge in [-0.05, 0) is 13.3 Å². The Morgan fingerprint density at radius 3 is 2.53 bits per heavy atom. The molecule has 0 heterocycles. The smallest absolute Gasteiger partial charge is 0.199 e. The minimum Gasteiger partial charge on any atom is -0.506 e. The topological polar surface area (TPSA) is 69.9 Å². The Bertz CT molecular complexity index is 537. The van der Waals surface area contributed by atoms with Gasteiger partial charge in [-0.25, -0.2) is 0 Å². The number of fused-ring (bicyclic) bond motifs is 1. The van der Waals surface area contributed by atoms with Crippen LogP contribution in [0.2, 0.25) is 0 Å². The molecule has 102 valence electrons. The first kappa shape index (κ1) is 15.4. The number of aliphatic hydroxyl groups excluding tert-OH is 2. The lowest BCUT2D eigenvalue weighted by Gasteiger charge is -2.02. The number of aliphatic imine (C=N–C) groups is 1. The number of carbonyl (C=O) groups is 1. The van der Waals surface area contributed by atoms with Crippen molar-refractivity contribution < 1.29 is 15.0 Å². The van der Waals surface area contributed by atoms with Crippen molar-refractivity contribution in [2.45, 2.75) is 19.4 Å². The van der Waals surface area contributed by atoms with Crippen molar-refractivity contribution in [2.75, 3.05) is 6.61 Å². The van der Waals surface area contributed by atoms with Crippen molar-refractivity contribution in [3.8, 4) is 0 Å². The number of hydrogen-bond acceptors (Lipinski definition) is 4. The first-order valence-corrected chi connectivity index (χ1v) is 5.86. The third-order valence-corrected chi connectivity index (χ3v) is 2.93. The number of halogens is 1. The number of carbonyl (C=O) groups excluding carboxylic acids is 1. The van der Waals surface area contributed by atoms with E-state index in [2.05, 4.69) is 4.99 Å². The summed E-state index contributed by atoms with van der Waals surface area (Å²) in [5, 5.41) is 18.7. The van der Waals surface area contributed by atoms with Gasteiger partial charge >= 0.3 is 0 Å². The van der Waals surface area contributed by atoms with Crippen molar-refractivity contribution in [2.24, 2.45) is 4.99 Å². The highest BCUT2D eigenvalue weighted by atomic mass is 35.5. The highest BCUT2D eigenvalue weighted by Gasteiger charge is 2.27. The summed E-state index contributed by atoms with van der Waals surface area (Å²) in [6.45, 7) is 1.90. The van der Waals surface area contributed by atoms with Crippen LogP contribution in [0.3, 0.4) is 0 Å².